The molecule has 1 saturated heterocycles. The summed E-state index contributed by atoms with van der Waals surface area (Å²) in [5, 5.41) is 12.7. The Kier molecular flexibility index (Phi) is 5.70. The number of ether oxygens (including phenoxy) is 1. The number of benzene rings is 1. The van der Waals surface area contributed by atoms with Crippen LogP contribution in [0.4, 0.5) is 5.82 Å². The Morgan fingerprint density at radius 3 is 2.83 bits per heavy atom. The third-order valence-corrected chi connectivity index (χ3v) is 6.19. The van der Waals surface area contributed by atoms with Gasteiger partial charge in [-0.2, -0.15) is 5.26 Å². The van der Waals surface area contributed by atoms with Gasteiger partial charge < -0.3 is 14.6 Å². The minimum atomic E-state index is -0.0769. The summed E-state index contributed by atoms with van der Waals surface area (Å²) in [7, 11) is 0. The Morgan fingerprint density at radius 2 is 2.10 bits per heavy atom. The summed E-state index contributed by atoms with van der Waals surface area (Å²) >= 11 is 0. The average Bonchev–Trinajstić information content (AvgIpc) is 3.31. The number of fused-ring (bicyclic) bond motifs is 1. The van der Waals surface area contributed by atoms with Crippen molar-refractivity contribution in [2.75, 3.05) is 25.0 Å². The molecule has 152 valence electrons. The van der Waals surface area contributed by atoms with Crippen LogP contribution >= 0.6 is 0 Å². The van der Waals surface area contributed by atoms with E-state index >= 15 is 0 Å². The molecule has 0 aliphatic carbocycles. The lowest BCUT2D eigenvalue weighted by Gasteiger charge is -2.28. The number of nitriles is 1. The van der Waals surface area contributed by atoms with Gasteiger partial charge in [-0.1, -0.05) is 24.3 Å². The van der Waals surface area contributed by atoms with E-state index in [1.165, 1.54) is 11.1 Å². The smallest absolute Gasteiger partial charge is 0.239 e. The predicted molar refractivity (Wildman–Crippen MR) is 112 cm³/mol. The zero-order valence-electron chi connectivity index (χ0n) is 17.2. The van der Waals surface area contributed by atoms with Gasteiger partial charge in [0.05, 0.1) is 24.8 Å². The summed E-state index contributed by atoms with van der Waals surface area (Å²) < 4.78 is 7.83. The van der Waals surface area contributed by atoms with Crippen LogP contribution in [0.1, 0.15) is 40.8 Å². The van der Waals surface area contributed by atoms with Gasteiger partial charge in [-0.3, -0.25) is 9.69 Å². The molecule has 1 aromatic carbocycles. The lowest BCUT2D eigenvalue weighted by Crippen LogP contribution is -2.37. The van der Waals surface area contributed by atoms with Gasteiger partial charge in [0.15, 0.2) is 0 Å². The largest absolute Gasteiger partial charge is 0.376 e. The first-order chi connectivity index (χ1) is 14.1. The van der Waals surface area contributed by atoms with Crippen molar-refractivity contribution >= 4 is 11.7 Å². The molecule has 6 nitrogen and oxygen atoms in total. The maximum absolute atomic E-state index is 12.9. The Morgan fingerprint density at radius 1 is 1.31 bits per heavy atom. The third kappa shape index (κ3) is 4.07. The summed E-state index contributed by atoms with van der Waals surface area (Å²) in [5.41, 5.74) is 5.15. The molecular formula is C23H28N4O2. The van der Waals surface area contributed by atoms with Crippen LogP contribution < -0.4 is 5.32 Å². The number of rotatable bonds is 5. The van der Waals surface area contributed by atoms with Gasteiger partial charge in [0.1, 0.15) is 11.9 Å². The molecule has 0 bridgehead atoms. The molecule has 2 aromatic rings. The van der Waals surface area contributed by atoms with E-state index in [4.69, 9.17) is 4.74 Å². The number of anilines is 1. The highest BCUT2D eigenvalue weighted by Crippen LogP contribution is 2.28. The highest BCUT2D eigenvalue weighted by Gasteiger charge is 2.25. The Bertz CT molecular complexity index is 951. The maximum Gasteiger partial charge on any atom is 0.239 e. The molecule has 3 heterocycles. The molecule has 1 aromatic heterocycles. The quantitative estimate of drug-likeness (QED) is 0.849. The molecule has 1 unspecified atom stereocenters. The second-order valence-electron chi connectivity index (χ2n) is 8.07. The standard InChI is InChI=1S/C23H28N4O2/c1-16-17(2)27(14-20-8-5-11-29-20)23(21(16)12-24)25-22(28)15-26-10-9-18-6-3-4-7-19(18)13-26/h3-4,6-7,20H,5,8-11,13-15H2,1-2H3,(H,25,28). The van der Waals surface area contributed by atoms with Crippen molar-refractivity contribution in [2.45, 2.75) is 52.3 Å². The minimum absolute atomic E-state index is 0.0769. The first-order valence-electron chi connectivity index (χ1n) is 10.4. The fourth-order valence-corrected chi connectivity index (χ4v) is 4.41. The van der Waals surface area contributed by atoms with Crippen LogP contribution in [-0.2, 0) is 29.0 Å². The van der Waals surface area contributed by atoms with Gasteiger partial charge in [-0.15, -0.1) is 0 Å². The van der Waals surface area contributed by atoms with Crippen molar-refractivity contribution < 1.29 is 9.53 Å². The highest BCUT2D eigenvalue weighted by molar-refractivity contribution is 5.93. The second-order valence-corrected chi connectivity index (χ2v) is 8.07. The summed E-state index contributed by atoms with van der Waals surface area (Å²) in [6.07, 6.45) is 3.17. The van der Waals surface area contributed by atoms with Gasteiger partial charge in [-0.25, -0.2) is 0 Å². The Hall–Kier alpha value is -2.62. The lowest BCUT2D eigenvalue weighted by atomic mass is 10.00. The first-order valence-corrected chi connectivity index (χ1v) is 10.4. The zero-order chi connectivity index (χ0) is 20.4. The van der Waals surface area contributed by atoms with Crippen LogP contribution in [0.15, 0.2) is 24.3 Å². The molecule has 1 fully saturated rings. The molecule has 1 atom stereocenters. The number of hydrogen-bond donors (Lipinski definition) is 1. The van der Waals surface area contributed by atoms with E-state index in [1.54, 1.807) is 0 Å². The fourth-order valence-electron chi connectivity index (χ4n) is 4.41. The average molecular weight is 393 g/mol. The molecule has 0 radical (unpaired) electrons. The van der Waals surface area contributed by atoms with E-state index in [1.807, 2.05) is 24.5 Å². The van der Waals surface area contributed by atoms with E-state index < -0.39 is 0 Å². The second kappa shape index (κ2) is 8.40. The van der Waals surface area contributed by atoms with Gasteiger partial charge in [0.2, 0.25) is 5.91 Å². The summed E-state index contributed by atoms with van der Waals surface area (Å²) in [4.78, 5) is 15.0. The molecule has 6 heteroatoms. The summed E-state index contributed by atoms with van der Waals surface area (Å²) in [5.74, 6) is 0.535. The summed E-state index contributed by atoms with van der Waals surface area (Å²) in [6.45, 7) is 7.37. The predicted octanol–water partition coefficient (Wildman–Crippen LogP) is 3.15. The van der Waals surface area contributed by atoms with Gasteiger partial charge >= 0.3 is 0 Å². The normalized spacial score (nSPS) is 19.0. The number of aromatic nitrogens is 1. The number of nitrogens with one attached hydrogen (secondary N) is 1. The third-order valence-electron chi connectivity index (χ3n) is 6.19. The molecule has 29 heavy (non-hydrogen) atoms. The van der Waals surface area contributed by atoms with Crippen LogP contribution in [-0.4, -0.2) is 41.2 Å². The molecule has 2 aliphatic rings. The van der Waals surface area contributed by atoms with E-state index in [0.717, 1.165) is 50.2 Å². The number of nitrogens with zero attached hydrogens (tertiary/aromatic N) is 3. The number of hydrogen-bond acceptors (Lipinski definition) is 4. The van der Waals surface area contributed by atoms with E-state index in [-0.39, 0.29) is 12.0 Å². The highest BCUT2D eigenvalue weighted by atomic mass is 16.5. The molecular weight excluding hydrogens is 364 g/mol. The molecule has 0 saturated carbocycles. The number of amides is 1. The van der Waals surface area contributed by atoms with E-state index in [0.29, 0.717) is 24.5 Å². The molecule has 1 amide bonds. The lowest BCUT2D eigenvalue weighted by molar-refractivity contribution is -0.117. The van der Waals surface area contributed by atoms with Crippen LogP contribution in [0.5, 0.6) is 0 Å². The van der Waals surface area contributed by atoms with E-state index in [9.17, 15) is 10.1 Å². The van der Waals surface area contributed by atoms with Crippen LogP contribution in [0.3, 0.4) is 0 Å². The first kappa shape index (κ1) is 19.7. The zero-order valence-corrected chi connectivity index (χ0v) is 17.2. The summed E-state index contributed by atoms with van der Waals surface area (Å²) in [6, 6.07) is 10.7. The molecule has 2 aliphatic heterocycles. The van der Waals surface area contributed by atoms with Crippen molar-refractivity contribution in [3.8, 4) is 6.07 Å². The van der Waals surface area contributed by atoms with Crippen molar-refractivity contribution in [2.24, 2.45) is 0 Å². The SMILES string of the molecule is Cc1c(C#N)c(NC(=O)CN2CCc3ccccc3C2)n(CC2CCCO2)c1C. The van der Waals surface area contributed by atoms with E-state index in [2.05, 4.69) is 34.5 Å². The molecule has 0 spiro atoms. The van der Waals surface area contributed by atoms with Crippen molar-refractivity contribution in [3.63, 3.8) is 0 Å². The van der Waals surface area contributed by atoms with Crippen LogP contribution in [0.25, 0.3) is 0 Å². The van der Waals surface area contributed by atoms with Gasteiger partial charge in [0.25, 0.3) is 0 Å². The molecule has 4 rings (SSSR count). The van der Waals surface area contributed by atoms with Crippen LogP contribution in [0, 0.1) is 25.2 Å². The van der Waals surface area contributed by atoms with Crippen molar-refractivity contribution in [1.29, 1.82) is 5.26 Å². The van der Waals surface area contributed by atoms with Crippen LogP contribution in [0.2, 0.25) is 0 Å². The van der Waals surface area contributed by atoms with Gasteiger partial charge in [0, 0.05) is 25.4 Å². The Labute approximate surface area is 172 Å². The Balaban J connectivity index is 1.49. The topological polar surface area (TPSA) is 70.3 Å². The number of carbonyl (C=O) groups excluding carboxylic acids is 1. The monoisotopic (exact) mass is 392 g/mol. The number of carbonyl (C=O) groups is 1. The van der Waals surface area contributed by atoms with Crippen molar-refractivity contribution in [1.82, 2.24) is 9.47 Å². The fraction of sp³-hybridized carbons (Fsp3) is 0.478. The van der Waals surface area contributed by atoms with Gasteiger partial charge in [-0.05, 0) is 49.8 Å². The molecule has 1 N–H and O–H groups in total. The maximum atomic E-state index is 12.9. The van der Waals surface area contributed by atoms with Crippen molar-refractivity contribution in [3.05, 3.63) is 52.2 Å². The minimum Gasteiger partial charge on any atom is -0.376 e.